The van der Waals surface area contributed by atoms with Crippen LogP contribution in [0.2, 0.25) is 0 Å². The predicted octanol–water partition coefficient (Wildman–Crippen LogP) is 4.59. The van der Waals surface area contributed by atoms with Crippen LogP contribution in [-0.2, 0) is 16.0 Å². The fourth-order valence-corrected chi connectivity index (χ4v) is 2.77. The van der Waals surface area contributed by atoms with Gasteiger partial charge in [-0.3, -0.25) is 4.79 Å². The normalized spacial score (nSPS) is 14.6. The van der Waals surface area contributed by atoms with E-state index in [4.69, 9.17) is 14.2 Å². The average Bonchev–Trinajstić information content (AvgIpc) is 2.94. The highest BCUT2D eigenvalue weighted by Crippen LogP contribution is 2.35. The quantitative estimate of drug-likeness (QED) is 0.561. The van der Waals surface area contributed by atoms with Gasteiger partial charge in [-0.2, -0.15) is 0 Å². The maximum atomic E-state index is 12.6. The highest BCUT2D eigenvalue weighted by molar-refractivity contribution is 6.14. The van der Waals surface area contributed by atoms with E-state index in [1.165, 1.54) is 5.56 Å². The number of rotatable bonds is 5. The van der Waals surface area contributed by atoms with E-state index in [2.05, 4.69) is 6.92 Å². The Balaban J connectivity index is 1.69. The lowest BCUT2D eigenvalue weighted by molar-refractivity contribution is -0.157. The molecule has 0 aromatic heterocycles. The fraction of sp³-hybridized carbons (Fsp3) is 0.304. The van der Waals surface area contributed by atoms with Crippen LogP contribution >= 0.6 is 0 Å². The van der Waals surface area contributed by atoms with Gasteiger partial charge in [0.1, 0.15) is 17.1 Å². The van der Waals surface area contributed by atoms with Crippen LogP contribution in [-0.4, -0.2) is 24.0 Å². The number of fused-ring (bicyclic) bond motifs is 1. The summed E-state index contributed by atoms with van der Waals surface area (Å²) in [5.74, 6) is 0.493. The summed E-state index contributed by atoms with van der Waals surface area (Å²) < 4.78 is 16.4. The van der Waals surface area contributed by atoms with Crippen LogP contribution in [0, 0.1) is 0 Å². The number of allylic oxidation sites excluding steroid dienone is 1. The van der Waals surface area contributed by atoms with Gasteiger partial charge in [0.05, 0.1) is 5.56 Å². The highest BCUT2D eigenvalue weighted by Gasteiger charge is 2.28. The van der Waals surface area contributed by atoms with Crippen LogP contribution in [0.1, 0.15) is 49.2 Å². The smallest absolute Gasteiger partial charge is 0.344 e. The minimum Gasteiger partial charge on any atom is -0.482 e. The number of ketones is 1. The molecule has 0 spiro atoms. The van der Waals surface area contributed by atoms with Crippen molar-refractivity contribution in [1.29, 1.82) is 0 Å². The Bertz CT molecular complexity index is 917. The summed E-state index contributed by atoms with van der Waals surface area (Å²) in [6, 6.07) is 12.9. The number of carbonyl (C=O) groups excluding carboxylic acids is 2. The highest BCUT2D eigenvalue weighted by atomic mass is 16.6. The van der Waals surface area contributed by atoms with Crippen LogP contribution in [0.25, 0.3) is 6.08 Å². The van der Waals surface area contributed by atoms with Crippen molar-refractivity contribution in [2.75, 3.05) is 6.61 Å². The van der Waals surface area contributed by atoms with E-state index in [0.717, 1.165) is 12.0 Å². The van der Waals surface area contributed by atoms with Crippen molar-refractivity contribution in [2.24, 2.45) is 0 Å². The molecule has 2 aromatic carbocycles. The van der Waals surface area contributed by atoms with Gasteiger partial charge in [-0.05, 0) is 56.5 Å². The molecule has 0 bridgehead atoms. The molecule has 0 saturated heterocycles. The molecule has 5 nitrogen and oxygen atoms in total. The van der Waals surface area contributed by atoms with Gasteiger partial charge in [0.25, 0.3) is 0 Å². The SMILES string of the molecule is CCc1ccc(C=C2Oc3cc(OCC(=O)OC(C)(C)C)ccc3C2=O)cc1. The van der Waals surface area contributed by atoms with Gasteiger partial charge in [0.15, 0.2) is 12.4 Å². The second kappa shape index (κ2) is 7.89. The largest absolute Gasteiger partial charge is 0.482 e. The van der Waals surface area contributed by atoms with Gasteiger partial charge in [0, 0.05) is 6.07 Å². The van der Waals surface area contributed by atoms with E-state index in [9.17, 15) is 9.59 Å². The number of aryl methyl sites for hydroxylation is 1. The number of esters is 1. The predicted molar refractivity (Wildman–Crippen MR) is 107 cm³/mol. The Hall–Kier alpha value is -3.08. The lowest BCUT2D eigenvalue weighted by Gasteiger charge is -2.19. The number of hydrogen-bond acceptors (Lipinski definition) is 5. The summed E-state index contributed by atoms with van der Waals surface area (Å²) in [5.41, 5.74) is 2.04. The summed E-state index contributed by atoms with van der Waals surface area (Å²) in [5, 5.41) is 0. The molecule has 0 radical (unpaired) electrons. The average molecular weight is 380 g/mol. The standard InChI is InChI=1S/C23H24O5/c1-5-15-6-8-16(9-7-15)12-20-22(25)18-11-10-17(13-19(18)27-20)26-14-21(24)28-23(2,3)4/h6-13H,5,14H2,1-4H3. The van der Waals surface area contributed by atoms with Crippen LogP contribution in [0.3, 0.4) is 0 Å². The van der Waals surface area contributed by atoms with E-state index in [-0.39, 0.29) is 18.1 Å². The summed E-state index contributed by atoms with van der Waals surface area (Å²) in [6.07, 6.45) is 2.69. The first-order chi connectivity index (χ1) is 13.2. The first kappa shape index (κ1) is 19.7. The molecule has 1 aliphatic rings. The second-order valence-corrected chi connectivity index (χ2v) is 7.57. The topological polar surface area (TPSA) is 61.8 Å². The second-order valence-electron chi connectivity index (χ2n) is 7.57. The molecule has 5 heteroatoms. The molecule has 0 atom stereocenters. The molecule has 146 valence electrons. The maximum Gasteiger partial charge on any atom is 0.344 e. The van der Waals surface area contributed by atoms with Crippen molar-refractivity contribution in [3.05, 3.63) is 64.9 Å². The molecular weight excluding hydrogens is 356 g/mol. The van der Waals surface area contributed by atoms with Crippen molar-refractivity contribution >= 4 is 17.8 Å². The zero-order valence-corrected chi connectivity index (χ0v) is 16.6. The van der Waals surface area contributed by atoms with E-state index in [0.29, 0.717) is 17.1 Å². The van der Waals surface area contributed by atoms with Crippen molar-refractivity contribution in [1.82, 2.24) is 0 Å². The van der Waals surface area contributed by atoms with Crippen LogP contribution in [0.15, 0.2) is 48.2 Å². The molecule has 1 heterocycles. The zero-order chi connectivity index (χ0) is 20.3. The third kappa shape index (κ3) is 4.80. The van der Waals surface area contributed by atoms with Gasteiger partial charge < -0.3 is 14.2 Å². The Kier molecular flexibility index (Phi) is 5.54. The summed E-state index contributed by atoms with van der Waals surface area (Å²) in [6.45, 7) is 7.27. The monoisotopic (exact) mass is 380 g/mol. The minimum absolute atomic E-state index is 0.173. The zero-order valence-electron chi connectivity index (χ0n) is 16.6. The van der Waals surface area contributed by atoms with Gasteiger partial charge >= 0.3 is 5.97 Å². The van der Waals surface area contributed by atoms with E-state index < -0.39 is 11.6 Å². The van der Waals surface area contributed by atoms with Crippen molar-refractivity contribution in [3.8, 4) is 11.5 Å². The van der Waals surface area contributed by atoms with Crippen LogP contribution in [0.4, 0.5) is 0 Å². The summed E-state index contributed by atoms with van der Waals surface area (Å²) in [7, 11) is 0. The van der Waals surface area contributed by atoms with E-state index in [1.54, 1.807) is 45.0 Å². The van der Waals surface area contributed by atoms with Crippen molar-refractivity contribution in [2.45, 2.75) is 39.7 Å². The first-order valence-electron chi connectivity index (χ1n) is 9.27. The summed E-state index contributed by atoms with van der Waals surface area (Å²) >= 11 is 0. The van der Waals surface area contributed by atoms with Gasteiger partial charge in [-0.25, -0.2) is 4.79 Å². The fourth-order valence-electron chi connectivity index (χ4n) is 2.77. The first-order valence-corrected chi connectivity index (χ1v) is 9.27. The number of Topliss-reactive ketones (excluding diaryl/α,β-unsaturated/α-hetero) is 1. The molecule has 0 fully saturated rings. The molecule has 0 unspecified atom stereocenters. The lowest BCUT2D eigenvalue weighted by atomic mass is 10.1. The minimum atomic E-state index is -0.567. The van der Waals surface area contributed by atoms with Crippen LogP contribution in [0.5, 0.6) is 11.5 Å². The number of carbonyl (C=O) groups is 2. The molecule has 3 rings (SSSR count). The Morgan fingerprint density at radius 2 is 1.82 bits per heavy atom. The number of benzene rings is 2. The molecule has 2 aromatic rings. The van der Waals surface area contributed by atoms with Gasteiger partial charge in [-0.15, -0.1) is 0 Å². The van der Waals surface area contributed by atoms with Gasteiger partial charge in [0.2, 0.25) is 5.78 Å². The van der Waals surface area contributed by atoms with Gasteiger partial charge in [-0.1, -0.05) is 31.2 Å². The molecule has 0 saturated carbocycles. The number of hydrogen-bond donors (Lipinski definition) is 0. The maximum absolute atomic E-state index is 12.6. The number of ether oxygens (including phenoxy) is 3. The van der Waals surface area contributed by atoms with Crippen molar-refractivity contribution in [3.63, 3.8) is 0 Å². The Labute approximate surface area is 164 Å². The molecule has 28 heavy (non-hydrogen) atoms. The van der Waals surface area contributed by atoms with E-state index in [1.807, 2.05) is 24.3 Å². The third-order valence-corrected chi connectivity index (χ3v) is 4.10. The Morgan fingerprint density at radius 3 is 2.46 bits per heavy atom. The Morgan fingerprint density at radius 1 is 1.11 bits per heavy atom. The van der Waals surface area contributed by atoms with E-state index >= 15 is 0 Å². The van der Waals surface area contributed by atoms with Crippen LogP contribution < -0.4 is 9.47 Å². The van der Waals surface area contributed by atoms with Crippen molar-refractivity contribution < 1.29 is 23.8 Å². The molecule has 0 N–H and O–H groups in total. The molecule has 0 amide bonds. The molecule has 0 aliphatic carbocycles. The summed E-state index contributed by atoms with van der Waals surface area (Å²) in [4.78, 5) is 24.3. The lowest BCUT2D eigenvalue weighted by Crippen LogP contribution is -2.27. The third-order valence-electron chi connectivity index (χ3n) is 4.10. The molecule has 1 aliphatic heterocycles. The molecular formula is C23H24O5.